The van der Waals surface area contributed by atoms with E-state index in [-0.39, 0.29) is 0 Å². The van der Waals surface area contributed by atoms with E-state index in [1.165, 1.54) is 19.3 Å². The van der Waals surface area contributed by atoms with E-state index in [2.05, 4.69) is 24.5 Å². The maximum atomic E-state index is 5.42. The van der Waals surface area contributed by atoms with Crippen LogP contribution in [0.4, 0.5) is 5.69 Å². The minimum Gasteiger partial charge on any atom is -0.497 e. The number of benzene rings is 1. The minimum atomic E-state index is 0.483. The Labute approximate surface area is 127 Å². The molecule has 0 saturated heterocycles. The molecular weight excluding hydrogens is 268 g/mol. The van der Waals surface area contributed by atoms with Crippen molar-refractivity contribution >= 4 is 23.0 Å². The second kappa shape index (κ2) is 6.93. The van der Waals surface area contributed by atoms with E-state index in [1.54, 1.807) is 7.11 Å². The number of anilines is 1. The Kier molecular flexibility index (Phi) is 5.24. The summed E-state index contributed by atoms with van der Waals surface area (Å²) in [4.78, 5) is 0. The van der Waals surface area contributed by atoms with Gasteiger partial charge in [-0.25, -0.2) is 0 Å². The third kappa shape index (κ3) is 3.85. The van der Waals surface area contributed by atoms with Crippen LogP contribution in [0.5, 0.6) is 5.75 Å². The first-order valence-corrected chi connectivity index (χ1v) is 7.72. The fourth-order valence-corrected chi connectivity index (χ4v) is 3.06. The van der Waals surface area contributed by atoms with Gasteiger partial charge in [0.1, 0.15) is 5.75 Å². The molecular formula is C16H24N2OS. The van der Waals surface area contributed by atoms with Gasteiger partial charge in [-0.05, 0) is 54.7 Å². The van der Waals surface area contributed by atoms with Gasteiger partial charge in [0.25, 0.3) is 0 Å². The summed E-state index contributed by atoms with van der Waals surface area (Å²) in [5.41, 5.74) is 0.986. The summed E-state index contributed by atoms with van der Waals surface area (Å²) in [5.74, 6) is 2.29. The average molecular weight is 292 g/mol. The number of thiocarbonyl (C=S) groups is 1. The van der Waals surface area contributed by atoms with Crippen molar-refractivity contribution in [1.29, 1.82) is 0 Å². The summed E-state index contributed by atoms with van der Waals surface area (Å²) in [6.45, 7) is 4.65. The zero-order valence-electron chi connectivity index (χ0n) is 12.5. The minimum absolute atomic E-state index is 0.483. The van der Waals surface area contributed by atoms with Gasteiger partial charge in [-0.1, -0.05) is 26.7 Å². The Balaban J connectivity index is 1.88. The normalized spacial score (nSPS) is 25.9. The van der Waals surface area contributed by atoms with Crippen molar-refractivity contribution in [3.05, 3.63) is 24.3 Å². The molecule has 1 aromatic rings. The fourth-order valence-electron chi connectivity index (χ4n) is 2.80. The second-order valence-corrected chi connectivity index (χ2v) is 6.11. The standard InChI is InChI=1S/C16H24N2OS/c1-11-5-4-6-15(12(11)2)18-16(20)17-13-7-9-14(19-3)10-8-13/h7-12,15H,4-6H2,1-3H3,(H2,17,18,20)/t11-,12-,15+/m0/s1. The molecule has 110 valence electrons. The zero-order chi connectivity index (χ0) is 14.5. The van der Waals surface area contributed by atoms with Crippen LogP contribution >= 0.6 is 12.2 Å². The van der Waals surface area contributed by atoms with Crippen LogP contribution in [0.1, 0.15) is 33.1 Å². The lowest BCUT2D eigenvalue weighted by Crippen LogP contribution is -2.45. The van der Waals surface area contributed by atoms with Gasteiger partial charge in [0.15, 0.2) is 5.11 Å². The van der Waals surface area contributed by atoms with Gasteiger partial charge in [0.05, 0.1) is 7.11 Å². The molecule has 0 heterocycles. The van der Waals surface area contributed by atoms with Crippen molar-refractivity contribution in [2.45, 2.75) is 39.2 Å². The van der Waals surface area contributed by atoms with E-state index in [4.69, 9.17) is 17.0 Å². The molecule has 20 heavy (non-hydrogen) atoms. The summed E-state index contributed by atoms with van der Waals surface area (Å²) in [6.07, 6.45) is 3.82. The highest BCUT2D eigenvalue weighted by molar-refractivity contribution is 7.80. The number of ether oxygens (including phenoxy) is 1. The van der Waals surface area contributed by atoms with Crippen LogP contribution in [0.15, 0.2) is 24.3 Å². The van der Waals surface area contributed by atoms with Gasteiger partial charge < -0.3 is 15.4 Å². The molecule has 0 radical (unpaired) electrons. The lowest BCUT2D eigenvalue weighted by molar-refractivity contribution is 0.225. The second-order valence-electron chi connectivity index (χ2n) is 5.70. The van der Waals surface area contributed by atoms with Gasteiger partial charge in [-0.2, -0.15) is 0 Å². The first-order valence-electron chi connectivity index (χ1n) is 7.31. The van der Waals surface area contributed by atoms with Gasteiger partial charge >= 0.3 is 0 Å². The van der Waals surface area contributed by atoms with Crippen molar-refractivity contribution in [3.8, 4) is 5.75 Å². The van der Waals surface area contributed by atoms with Crippen LogP contribution in [0.3, 0.4) is 0 Å². The molecule has 2 N–H and O–H groups in total. The Morgan fingerprint density at radius 3 is 2.55 bits per heavy atom. The summed E-state index contributed by atoms with van der Waals surface area (Å²) >= 11 is 5.42. The van der Waals surface area contributed by atoms with Crippen molar-refractivity contribution < 1.29 is 4.74 Å². The van der Waals surface area contributed by atoms with Crippen molar-refractivity contribution in [2.24, 2.45) is 11.8 Å². The predicted octanol–water partition coefficient (Wildman–Crippen LogP) is 3.81. The van der Waals surface area contributed by atoms with Gasteiger partial charge in [0.2, 0.25) is 0 Å². The Hall–Kier alpha value is -1.29. The van der Waals surface area contributed by atoms with Crippen LogP contribution in [0.25, 0.3) is 0 Å². The van der Waals surface area contributed by atoms with E-state index in [1.807, 2.05) is 24.3 Å². The van der Waals surface area contributed by atoms with Gasteiger partial charge in [-0.3, -0.25) is 0 Å². The maximum absolute atomic E-state index is 5.42. The maximum Gasteiger partial charge on any atom is 0.171 e. The van der Waals surface area contributed by atoms with E-state index >= 15 is 0 Å². The predicted molar refractivity (Wildman–Crippen MR) is 88.3 cm³/mol. The number of hydrogen-bond acceptors (Lipinski definition) is 2. The highest BCUT2D eigenvalue weighted by Crippen LogP contribution is 2.29. The van der Waals surface area contributed by atoms with Crippen LogP contribution in [-0.2, 0) is 0 Å². The summed E-state index contributed by atoms with van der Waals surface area (Å²) in [6, 6.07) is 8.28. The van der Waals surface area contributed by atoms with Crippen LogP contribution in [0.2, 0.25) is 0 Å². The molecule has 0 amide bonds. The summed E-state index contributed by atoms with van der Waals surface area (Å²) in [5, 5.41) is 7.42. The average Bonchev–Trinajstić information content (AvgIpc) is 2.45. The highest BCUT2D eigenvalue weighted by atomic mass is 32.1. The van der Waals surface area contributed by atoms with Crippen molar-refractivity contribution in [2.75, 3.05) is 12.4 Å². The number of rotatable bonds is 3. The third-order valence-electron chi connectivity index (χ3n) is 4.37. The monoisotopic (exact) mass is 292 g/mol. The lowest BCUT2D eigenvalue weighted by atomic mass is 9.78. The summed E-state index contributed by atoms with van der Waals surface area (Å²) < 4.78 is 5.15. The van der Waals surface area contributed by atoms with E-state index in [9.17, 15) is 0 Å². The lowest BCUT2D eigenvalue weighted by Gasteiger charge is -2.35. The molecule has 1 aromatic carbocycles. The largest absolute Gasteiger partial charge is 0.497 e. The van der Waals surface area contributed by atoms with E-state index in [0.29, 0.717) is 17.1 Å². The molecule has 3 nitrogen and oxygen atoms in total. The molecule has 1 saturated carbocycles. The highest BCUT2D eigenvalue weighted by Gasteiger charge is 2.27. The van der Waals surface area contributed by atoms with Crippen LogP contribution in [0, 0.1) is 11.8 Å². The third-order valence-corrected chi connectivity index (χ3v) is 4.59. The van der Waals surface area contributed by atoms with E-state index < -0.39 is 0 Å². The zero-order valence-corrected chi connectivity index (χ0v) is 13.3. The number of nitrogens with one attached hydrogen (secondary N) is 2. The van der Waals surface area contributed by atoms with Gasteiger partial charge in [0, 0.05) is 11.7 Å². The van der Waals surface area contributed by atoms with Crippen LogP contribution < -0.4 is 15.4 Å². The molecule has 2 rings (SSSR count). The van der Waals surface area contributed by atoms with Gasteiger partial charge in [-0.15, -0.1) is 0 Å². The van der Waals surface area contributed by atoms with Crippen molar-refractivity contribution in [1.82, 2.24) is 5.32 Å². The molecule has 1 fully saturated rings. The smallest absolute Gasteiger partial charge is 0.171 e. The summed E-state index contributed by atoms with van der Waals surface area (Å²) in [7, 11) is 1.67. The van der Waals surface area contributed by atoms with E-state index in [0.717, 1.165) is 17.4 Å². The topological polar surface area (TPSA) is 33.3 Å². The molecule has 1 aliphatic rings. The first-order chi connectivity index (χ1) is 9.60. The fraction of sp³-hybridized carbons (Fsp3) is 0.562. The number of hydrogen-bond donors (Lipinski definition) is 2. The molecule has 4 heteroatoms. The molecule has 1 aliphatic carbocycles. The molecule has 3 atom stereocenters. The van der Waals surface area contributed by atoms with Crippen molar-refractivity contribution in [3.63, 3.8) is 0 Å². The Morgan fingerprint density at radius 1 is 1.20 bits per heavy atom. The molecule has 0 aromatic heterocycles. The molecule has 0 aliphatic heterocycles. The number of methoxy groups -OCH3 is 1. The molecule has 0 spiro atoms. The van der Waals surface area contributed by atoms with Crippen LogP contribution in [-0.4, -0.2) is 18.3 Å². The first kappa shape index (κ1) is 15.1. The quantitative estimate of drug-likeness (QED) is 0.830. The SMILES string of the molecule is COc1ccc(NC(=S)N[C@@H]2CCC[C@H](C)[C@@H]2C)cc1. The molecule has 0 unspecified atom stereocenters. The molecule has 0 bridgehead atoms. The Morgan fingerprint density at radius 2 is 1.90 bits per heavy atom. The Bertz CT molecular complexity index is 446.